The highest BCUT2D eigenvalue weighted by Gasteiger charge is 1.93. The van der Waals surface area contributed by atoms with Crippen LogP contribution in [-0.4, -0.2) is 12.5 Å². The zero-order valence-corrected chi connectivity index (χ0v) is 5.98. The summed E-state index contributed by atoms with van der Waals surface area (Å²) in [6.07, 6.45) is 1.39. The molecule has 2 nitrogen and oxygen atoms in total. The van der Waals surface area contributed by atoms with Crippen LogP contribution in [0.2, 0.25) is 0 Å². The van der Waals surface area contributed by atoms with Crippen LogP contribution >= 0.6 is 0 Å². The van der Waals surface area contributed by atoms with E-state index in [0.717, 1.165) is 0 Å². The zero-order valence-electron chi connectivity index (χ0n) is 5.98. The third kappa shape index (κ3) is 5.07. The number of nitrogens with one attached hydrogen (secondary N) is 1. The summed E-state index contributed by atoms with van der Waals surface area (Å²) in [6.45, 7) is 8.07. The first-order valence-corrected chi connectivity index (χ1v) is 3.00. The molecule has 0 saturated heterocycles. The molecule has 0 amide bonds. The quantitative estimate of drug-likeness (QED) is 0.455. The molecule has 0 unspecified atom stereocenters. The molecule has 0 aromatic carbocycles. The van der Waals surface area contributed by atoms with Crippen molar-refractivity contribution in [2.75, 3.05) is 6.61 Å². The summed E-state index contributed by atoms with van der Waals surface area (Å²) in [5, 5.41) is 6.99. The van der Waals surface area contributed by atoms with Gasteiger partial charge in [-0.2, -0.15) is 0 Å². The van der Waals surface area contributed by atoms with Crippen LogP contribution in [0.1, 0.15) is 13.8 Å². The second kappa shape index (κ2) is 4.13. The van der Waals surface area contributed by atoms with Crippen molar-refractivity contribution in [2.24, 2.45) is 5.92 Å². The van der Waals surface area contributed by atoms with Gasteiger partial charge in [0.2, 0.25) is 5.90 Å². The maximum absolute atomic E-state index is 6.99. The minimum atomic E-state index is 0.156. The molecule has 0 rings (SSSR count). The Bertz CT molecular complexity index is 107. The fourth-order valence-corrected chi connectivity index (χ4v) is 0.315. The molecule has 0 fully saturated rings. The Morgan fingerprint density at radius 2 is 2.33 bits per heavy atom. The van der Waals surface area contributed by atoms with Crippen molar-refractivity contribution in [3.05, 3.63) is 12.7 Å². The third-order valence-electron chi connectivity index (χ3n) is 0.758. The molecule has 1 N–H and O–H groups in total. The first kappa shape index (κ1) is 8.21. The number of rotatable bonds is 3. The lowest BCUT2D eigenvalue weighted by Gasteiger charge is -2.05. The fraction of sp³-hybridized carbons (Fsp3) is 0.571. The largest absolute Gasteiger partial charge is 0.478 e. The summed E-state index contributed by atoms with van der Waals surface area (Å²) >= 11 is 0. The van der Waals surface area contributed by atoms with Crippen molar-refractivity contribution in [1.29, 1.82) is 5.41 Å². The van der Waals surface area contributed by atoms with Crippen LogP contribution in [0, 0.1) is 11.3 Å². The Balaban J connectivity index is 3.27. The lowest BCUT2D eigenvalue weighted by Crippen LogP contribution is -2.05. The van der Waals surface area contributed by atoms with Crippen LogP contribution in [0.15, 0.2) is 12.7 Å². The Morgan fingerprint density at radius 1 is 1.78 bits per heavy atom. The molecule has 52 valence electrons. The van der Waals surface area contributed by atoms with Gasteiger partial charge in [0, 0.05) is 0 Å². The van der Waals surface area contributed by atoms with Crippen molar-refractivity contribution in [1.82, 2.24) is 0 Å². The van der Waals surface area contributed by atoms with E-state index < -0.39 is 0 Å². The van der Waals surface area contributed by atoms with Crippen molar-refractivity contribution in [2.45, 2.75) is 13.8 Å². The lowest BCUT2D eigenvalue weighted by molar-refractivity contribution is 0.259. The first-order valence-electron chi connectivity index (χ1n) is 3.00. The average molecular weight is 127 g/mol. The number of hydrogen-bond donors (Lipinski definition) is 1. The molecular formula is C7H13NO. The third-order valence-corrected chi connectivity index (χ3v) is 0.758. The Labute approximate surface area is 56.0 Å². The molecule has 0 heterocycles. The highest BCUT2D eigenvalue weighted by atomic mass is 16.5. The summed E-state index contributed by atoms with van der Waals surface area (Å²) in [7, 11) is 0. The van der Waals surface area contributed by atoms with Crippen LogP contribution in [0.3, 0.4) is 0 Å². The summed E-state index contributed by atoms with van der Waals surface area (Å²) in [5.41, 5.74) is 0. The van der Waals surface area contributed by atoms with E-state index >= 15 is 0 Å². The molecule has 0 aromatic rings. The molecule has 0 saturated carbocycles. The Kier molecular flexibility index (Phi) is 3.76. The summed E-state index contributed by atoms with van der Waals surface area (Å²) in [6, 6.07) is 0. The normalized spacial score (nSPS) is 9.22. The van der Waals surface area contributed by atoms with E-state index in [-0.39, 0.29) is 5.90 Å². The van der Waals surface area contributed by atoms with E-state index in [1.807, 2.05) is 13.8 Å². The molecule has 0 aromatic heterocycles. The van der Waals surface area contributed by atoms with Gasteiger partial charge in [-0.25, -0.2) is 0 Å². The molecule has 9 heavy (non-hydrogen) atoms. The molecule has 2 heteroatoms. The van der Waals surface area contributed by atoms with E-state index in [2.05, 4.69) is 6.58 Å². The van der Waals surface area contributed by atoms with E-state index in [4.69, 9.17) is 10.1 Å². The van der Waals surface area contributed by atoms with Gasteiger partial charge in [-0.05, 0) is 12.0 Å². The van der Waals surface area contributed by atoms with Gasteiger partial charge in [0.15, 0.2) is 0 Å². The molecule has 0 radical (unpaired) electrons. The van der Waals surface area contributed by atoms with E-state index in [1.54, 1.807) is 0 Å². The molecule has 0 aliphatic rings. The average Bonchev–Trinajstić information content (AvgIpc) is 1.83. The standard InChI is InChI=1S/C7H13NO/c1-4-7(8)9-5-6(2)3/h4,6,8H,1,5H2,2-3H3. The van der Waals surface area contributed by atoms with Gasteiger partial charge in [0.1, 0.15) is 0 Å². The monoisotopic (exact) mass is 127 g/mol. The van der Waals surface area contributed by atoms with E-state index in [0.29, 0.717) is 12.5 Å². The molecular weight excluding hydrogens is 114 g/mol. The van der Waals surface area contributed by atoms with Crippen LogP contribution in [0.25, 0.3) is 0 Å². The predicted molar refractivity (Wildman–Crippen MR) is 38.7 cm³/mol. The molecule has 0 spiro atoms. The maximum Gasteiger partial charge on any atom is 0.205 e. The van der Waals surface area contributed by atoms with E-state index in [9.17, 15) is 0 Å². The van der Waals surface area contributed by atoms with Crippen LogP contribution in [0.4, 0.5) is 0 Å². The fourth-order valence-electron chi connectivity index (χ4n) is 0.315. The predicted octanol–water partition coefficient (Wildman–Crippen LogP) is 1.82. The minimum Gasteiger partial charge on any atom is -0.478 e. The van der Waals surface area contributed by atoms with Crippen molar-refractivity contribution in [3.63, 3.8) is 0 Å². The van der Waals surface area contributed by atoms with Crippen molar-refractivity contribution < 1.29 is 4.74 Å². The van der Waals surface area contributed by atoms with Crippen LogP contribution in [0.5, 0.6) is 0 Å². The second-order valence-corrected chi connectivity index (χ2v) is 2.27. The van der Waals surface area contributed by atoms with Gasteiger partial charge >= 0.3 is 0 Å². The molecule has 0 aliphatic heterocycles. The van der Waals surface area contributed by atoms with Crippen molar-refractivity contribution in [3.8, 4) is 0 Å². The van der Waals surface area contributed by atoms with Gasteiger partial charge < -0.3 is 4.74 Å². The first-order chi connectivity index (χ1) is 4.16. The summed E-state index contributed by atoms with van der Waals surface area (Å²) in [4.78, 5) is 0. The zero-order chi connectivity index (χ0) is 7.28. The number of ether oxygens (including phenoxy) is 1. The summed E-state index contributed by atoms with van der Waals surface area (Å²) in [5.74, 6) is 0.633. The topological polar surface area (TPSA) is 33.1 Å². The van der Waals surface area contributed by atoms with Crippen LogP contribution < -0.4 is 0 Å². The molecule has 0 atom stereocenters. The highest BCUT2D eigenvalue weighted by molar-refractivity contribution is 5.83. The molecule has 0 aliphatic carbocycles. The van der Waals surface area contributed by atoms with Gasteiger partial charge in [-0.15, -0.1) is 0 Å². The Hall–Kier alpha value is -0.790. The van der Waals surface area contributed by atoms with E-state index in [1.165, 1.54) is 6.08 Å². The SMILES string of the molecule is C=CC(=N)OCC(C)C. The smallest absolute Gasteiger partial charge is 0.205 e. The maximum atomic E-state index is 6.99. The Morgan fingerprint density at radius 3 is 2.67 bits per heavy atom. The van der Waals surface area contributed by atoms with Gasteiger partial charge in [-0.1, -0.05) is 20.4 Å². The summed E-state index contributed by atoms with van der Waals surface area (Å²) < 4.78 is 4.92. The van der Waals surface area contributed by atoms with Crippen LogP contribution in [-0.2, 0) is 4.74 Å². The minimum absolute atomic E-state index is 0.156. The lowest BCUT2D eigenvalue weighted by atomic mass is 10.2. The number of hydrogen-bond acceptors (Lipinski definition) is 2. The highest BCUT2D eigenvalue weighted by Crippen LogP contribution is 1.92. The molecule has 0 bridgehead atoms. The van der Waals surface area contributed by atoms with Gasteiger partial charge in [0.05, 0.1) is 6.61 Å². The van der Waals surface area contributed by atoms with Gasteiger partial charge in [0.25, 0.3) is 0 Å². The van der Waals surface area contributed by atoms with Crippen molar-refractivity contribution >= 4 is 5.90 Å². The second-order valence-electron chi connectivity index (χ2n) is 2.27. The van der Waals surface area contributed by atoms with Gasteiger partial charge in [-0.3, -0.25) is 5.41 Å².